The summed E-state index contributed by atoms with van der Waals surface area (Å²) >= 11 is 0. The van der Waals surface area contributed by atoms with Crippen LogP contribution in [0.15, 0.2) is 77.7 Å². The Bertz CT molecular complexity index is 1450. The predicted octanol–water partition coefficient (Wildman–Crippen LogP) is 3.05. The molecule has 0 radical (unpaired) electrons. The number of carbonyl (C=O) groups is 2. The van der Waals surface area contributed by atoms with Crippen LogP contribution in [-0.2, 0) is 24.3 Å². The van der Waals surface area contributed by atoms with Gasteiger partial charge in [0.25, 0.3) is 5.69 Å². The van der Waals surface area contributed by atoms with Gasteiger partial charge < -0.3 is 20.3 Å². The molecule has 0 aliphatic carbocycles. The third kappa shape index (κ3) is 7.62. The maximum atomic E-state index is 13.2. The molecule has 13 heteroatoms. The Morgan fingerprint density at radius 2 is 1.50 bits per heavy atom. The van der Waals surface area contributed by atoms with Crippen molar-refractivity contribution in [1.82, 2.24) is 4.72 Å². The molecule has 1 fully saturated rings. The molecule has 3 aromatic rings. The van der Waals surface area contributed by atoms with E-state index in [1.807, 2.05) is 19.1 Å². The molecular formula is C27H29N5O7S. The van der Waals surface area contributed by atoms with Crippen molar-refractivity contribution in [3.05, 3.63) is 88.5 Å². The van der Waals surface area contributed by atoms with Gasteiger partial charge in [0.05, 0.1) is 29.5 Å². The van der Waals surface area contributed by atoms with E-state index in [9.17, 15) is 28.1 Å². The zero-order valence-electron chi connectivity index (χ0n) is 21.7. The Labute approximate surface area is 231 Å². The standard InChI is InChI=1S/C27H29N5O7S/c1-19-2-12-24(13-3-19)40(37,38)30-25(18-26(33)28-20-6-10-23(11-7-20)32(35)36)27(34)29-21-4-8-22(9-5-21)31-14-16-39-17-15-31/h2-13,25,30H,14-18H2,1H3,(H,28,33)(H,29,34)/t25-/m0/s1. The molecule has 2 amide bonds. The first-order valence-corrected chi connectivity index (χ1v) is 14.0. The molecule has 1 aliphatic heterocycles. The first-order valence-electron chi connectivity index (χ1n) is 12.5. The molecule has 0 spiro atoms. The van der Waals surface area contributed by atoms with Crippen LogP contribution in [0.25, 0.3) is 0 Å². The van der Waals surface area contributed by atoms with Gasteiger partial charge in [-0.3, -0.25) is 19.7 Å². The van der Waals surface area contributed by atoms with E-state index in [1.54, 1.807) is 24.3 Å². The zero-order valence-corrected chi connectivity index (χ0v) is 22.5. The fourth-order valence-electron chi connectivity index (χ4n) is 4.03. The molecule has 210 valence electrons. The summed E-state index contributed by atoms with van der Waals surface area (Å²) in [5.41, 5.74) is 2.35. The minimum absolute atomic E-state index is 0.0541. The quantitative estimate of drug-likeness (QED) is 0.249. The molecule has 1 saturated heterocycles. The summed E-state index contributed by atoms with van der Waals surface area (Å²) in [6.45, 7) is 4.57. The van der Waals surface area contributed by atoms with E-state index >= 15 is 0 Å². The van der Waals surface area contributed by atoms with Crippen LogP contribution in [0.4, 0.5) is 22.7 Å². The number of aryl methyl sites for hydroxylation is 1. The van der Waals surface area contributed by atoms with Crippen LogP contribution >= 0.6 is 0 Å². The van der Waals surface area contributed by atoms with Crippen LogP contribution in [0.1, 0.15) is 12.0 Å². The largest absolute Gasteiger partial charge is 0.378 e. The van der Waals surface area contributed by atoms with Gasteiger partial charge in [0.1, 0.15) is 6.04 Å². The third-order valence-electron chi connectivity index (χ3n) is 6.21. The number of nitro benzene ring substituents is 1. The molecule has 1 heterocycles. The Kier molecular flexibility index (Phi) is 9.09. The molecule has 4 rings (SSSR count). The second kappa shape index (κ2) is 12.7. The summed E-state index contributed by atoms with van der Waals surface area (Å²) in [5, 5.41) is 16.1. The fourth-order valence-corrected chi connectivity index (χ4v) is 5.23. The van der Waals surface area contributed by atoms with Gasteiger partial charge in [0.15, 0.2) is 0 Å². The summed E-state index contributed by atoms with van der Waals surface area (Å²) in [6.07, 6.45) is -0.528. The Morgan fingerprint density at radius 3 is 2.10 bits per heavy atom. The summed E-state index contributed by atoms with van der Waals surface area (Å²) < 4.78 is 33.9. The van der Waals surface area contributed by atoms with E-state index in [0.717, 1.165) is 24.3 Å². The second-order valence-electron chi connectivity index (χ2n) is 9.18. The molecule has 12 nitrogen and oxygen atoms in total. The summed E-state index contributed by atoms with van der Waals surface area (Å²) in [5.74, 6) is -1.39. The summed E-state index contributed by atoms with van der Waals surface area (Å²) in [7, 11) is -4.15. The number of ether oxygens (including phenoxy) is 1. The molecule has 3 N–H and O–H groups in total. The number of nitrogens with zero attached hydrogens (tertiary/aromatic N) is 2. The molecule has 40 heavy (non-hydrogen) atoms. The van der Waals surface area contributed by atoms with Gasteiger partial charge in [-0.05, 0) is 55.5 Å². The Balaban J connectivity index is 1.49. The molecule has 1 atom stereocenters. The maximum absolute atomic E-state index is 13.2. The number of nitro groups is 1. The number of non-ortho nitro benzene ring substituents is 1. The SMILES string of the molecule is Cc1ccc(S(=O)(=O)N[C@@H](CC(=O)Nc2ccc([N+](=O)[O-])cc2)C(=O)Nc2ccc(N3CCOCC3)cc2)cc1. The minimum atomic E-state index is -4.15. The van der Waals surface area contributed by atoms with Crippen molar-refractivity contribution < 1.29 is 27.7 Å². The molecule has 0 bridgehead atoms. The van der Waals surface area contributed by atoms with Crippen molar-refractivity contribution in [3.8, 4) is 0 Å². The van der Waals surface area contributed by atoms with E-state index in [1.165, 1.54) is 36.4 Å². The lowest BCUT2D eigenvalue weighted by Crippen LogP contribution is -2.45. The lowest BCUT2D eigenvalue weighted by atomic mass is 10.1. The van der Waals surface area contributed by atoms with Crippen molar-refractivity contribution in [2.24, 2.45) is 0 Å². The summed E-state index contributed by atoms with van der Waals surface area (Å²) in [4.78, 5) is 38.5. The fraction of sp³-hybridized carbons (Fsp3) is 0.259. The first-order chi connectivity index (χ1) is 19.1. The average Bonchev–Trinajstić information content (AvgIpc) is 2.94. The van der Waals surface area contributed by atoms with E-state index in [4.69, 9.17) is 4.74 Å². The van der Waals surface area contributed by atoms with Gasteiger partial charge in [-0.2, -0.15) is 4.72 Å². The number of carbonyl (C=O) groups excluding carboxylic acids is 2. The topological polar surface area (TPSA) is 160 Å². The average molecular weight is 568 g/mol. The molecular weight excluding hydrogens is 538 g/mol. The van der Waals surface area contributed by atoms with Crippen molar-refractivity contribution in [2.75, 3.05) is 41.8 Å². The van der Waals surface area contributed by atoms with Crippen molar-refractivity contribution in [2.45, 2.75) is 24.3 Å². The van der Waals surface area contributed by atoms with E-state index in [2.05, 4.69) is 20.3 Å². The first kappa shape index (κ1) is 28.7. The number of rotatable bonds is 10. The number of morpholine rings is 1. The second-order valence-corrected chi connectivity index (χ2v) is 10.9. The zero-order chi connectivity index (χ0) is 28.7. The van der Waals surface area contributed by atoms with Crippen LogP contribution in [0.3, 0.4) is 0 Å². The van der Waals surface area contributed by atoms with Gasteiger partial charge >= 0.3 is 0 Å². The third-order valence-corrected chi connectivity index (χ3v) is 7.70. The number of amides is 2. The van der Waals surface area contributed by atoms with Crippen molar-refractivity contribution in [1.29, 1.82) is 0 Å². The highest BCUT2D eigenvalue weighted by atomic mass is 32.2. The predicted molar refractivity (Wildman–Crippen MR) is 150 cm³/mol. The van der Waals surface area contributed by atoms with Crippen molar-refractivity contribution >= 4 is 44.6 Å². The highest BCUT2D eigenvalue weighted by Gasteiger charge is 2.28. The number of hydrogen-bond acceptors (Lipinski definition) is 8. The lowest BCUT2D eigenvalue weighted by molar-refractivity contribution is -0.384. The summed E-state index contributed by atoms with van der Waals surface area (Å²) in [6, 6.07) is 16.8. The Morgan fingerprint density at radius 1 is 0.925 bits per heavy atom. The van der Waals surface area contributed by atoms with Crippen LogP contribution in [0.2, 0.25) is 0 Å². The van der Waals surface area contributed by atoms with Crippen LogP contribution in [-0.4, -0.2) is 57.5 Å². The molecule has 0 unspecified atom stereocenters. The smallest absolute Gasteiger partial charge is 0.269 e. The number of anilines is 3. The van der Waals surface area contributed by atoms with Crippen LogP contribution in [0, 0.1) is 17.0 Å². The normalized spacial score (nSPS) is 14.3. The molecule has 0 aromatic heterocycles. The van der Waals surface area contributed by atoms with Gasteiger partial charge in [0, 0.05) is 42.3 Å². The van der Waals surface area contributed by atoms with Gasteiger partial charge in [-0.15, -0.1) is 0 Å². The number of sulfonamides is 1. The molecule has 0 saturated carbocycles. The number of benzene rings is 3. The maximum Gasteiger partial charge on any atom is 0.269 e. The minimum Gasteiger partial charge on any atom is -0.378 e. The van der Waals surface area contributed by atoms with Crippen LogP contribution < -0.4 is 20.3 Å². The highest BCUT2D eigenvalue weighted by Crippen LogP contribution is 2.20. The van der Waals surface area contributed by atoms with E-state index in [-0.39, 0.29) is 16.3 Å². The highest BCUT2D eigenvalue weighted by molar-refractivity contribution is 7.89. The monoisotopic (exact) mass is 567 g/mol. The van der Waals surface area contributed by atoms with E-state index < -0.39 is 39.2 Å². The number of hydrogen-bond donors (Lipinski definition) is 3. The van der Waals surface area contributed by atoms with Gasteiger partial charge in [-0.25, -0.2) is 8.42 Å². The van der Waals surface area contributed by atoms with E-state index in [0.29, 0.717) is 18.9 Å². The Hall–Kier alpha value is -4.33. The van der Waals surface area contributed by atoms with Crippen LogP contribution in [0.5, 0.6) is 0 Å². The van der Waals surface area contributed by atoms with Gasteiger partial charge in [0.2, 0.25) is 21.8 Å². The van der Waals surface area contributed by atoms with Gasteiger partial charge in [-0.1, -0.05) is 17.7 Å². The molecule has 1 aliphatic rings. The lowest BCUT2D eigenvalue weighted by Gasteiger charge is -2.29. The molecule has 3 aromatic carbocycles. The van der Waals surface area contributed by atoms with Crippen molar-refractivity contribution in [3.63, 3.8) is 0 Å². The number of nitrogens with one attached hydrogen (secondary N) is 3.